The zero-order valence-corrected chi connectivity index (χ0v) is 15.0. The lowest BCUT2D eigenvalue weighted by Crippen LogP contribution is -2.29. The minimum Gasteiger partial charge on any atom is -0.453 e. The van der Waals surface area contributed by atoms with Crippen molar-refractivity contribution in [3.05, 3.63) is 59.9 Å². The fraction of sp³-hybridized carbons (Fsp3) is 0.235. The minimum absolute atomic E-state index is 0.0158. The van der Waals surface area contributed by atoms with Crippen molar-refractivity contribution in [2.75, 3.05) is 26.1 Å². The average molecular weight is 382 g/mol. The summed E-state index contributed by atoms with van der Waals surface area (Å²) in [5, 5.41) is 2.42. The van der Waals surface area contributed by atoms with Crippen LogP contribution in [0.15, 0.2) is 53.4 Å². The maximum atomic E-state index is 13.3. The van der Waals surface area contributed by atoms with E-state index in [0.29, 0.717) is 11.3 Å². The van der Waals surface area contributed by atoms with Crippen molar-refractivity contribution in [3.63, 3.8) is 0 Å². The van der Waals surface area contributed by atoms with Crippen LogP contribution in [0, 0.1) is 5.82 Å². The molecule has 2 rings (SSSR count). The van der Waals surface area contributed by atoms with Crippen LogP contribution in [0.4, 0.5) is 14.9 Å². The van der Waals surface area contributed by atoms with E-state index in [1.807, 2.05) is 0 Å². The summed E-state index contributed by atoms with van der Waals surface area (Å²) in [5.41, 5.74) is 0.915. The van der Waals surface area contributed by atoms with E-state index in [0.717, 1.165) is 0 Å². The Morgan fingerprint density at radius 3 is 2.42 bits per heavy atom. The first kappa shape index (κ1) is 19.8. The number of hydrogen-bond acceptors (Lipinski definition) is 5. The van der Waals surface area contributed by atoms with Gasteiger partial charge in [-0.25, -0.2) is 22.3 Å². The van der Waals surface area contributed by atoms with Crippen LogP contribution in [-0.4, -0.2) is 35.3 Å². The molecule has 0 heterocycles. The monoisotopic (exact) mass is 382 g/mol. The Hall–Kier alpha value is -2.49. The van der Waals surface area contributed by atoms with Gasteiger partial charge >= 0.3 is 6.09 Å². The molecule has 0 saturated carbocycles. The minimum atomic E-state index is -3.80. The molecule has 140 valence electrons. The van der Waals surface area contributed by atoms with Gasteiger partial charge in [-0.3, -0.25) is 5.32 Å². The third-order valence-corrected chi connectivity index (χ3v) is 5.00. The Labute approximate surface area is 151 Å². The number of nitrogens with one attached hydrogen (secondary N) is 2. The first-order valence-corrected chi connectivity index (χ1v) is 9.07. The summed E-state index contributed by atoms with van der Waals surface area (Å²) < 4.78 is 50.2. The molecule has 0 spiro atoms. The maximum Gasteiger partial charge on any atom is 0.411 e. The zero-order chi connectivity index (χ0) is 19.2. The van der Waals surface area contributed by atoms with Crippen LogP contribution >= 0.6 is 0 Å². The molecule has 0 unspecified atom stereocenters. The van der Waals surface area contributed by atoms with Gasteiger partial charge in [0.15, 0.2) is 0 Å². The lowest BCUT2D eigenvalue weighted by atomic mass is 10.1. The maximum absolute atomic E-state index is 13.3. The van der Waals surface area contributed by atoms with Gasteiger partial charge in [0.05, 0.1) is 18.1 Å². The van der Waals surface area contributed by atoms with Gasteiger partial charge in [-0.2, -0.15) is 0 Å². The summed E-state index contributed by atoms with van der Waals surface area (Å²) in [6.07, 6.45) is -1.29. The van der Waals surface area contributed by atoms with Gasteiger partial charge in [-0.05, 0) is 42.0 Å². The predicted octanol–water partition coefficient (Wildman–Crippen LogP) is 2.67. The number of ether oxygens (including phenoxy) is 2. The molecule has 0 aliphatic heterocycles. The third-order valence-electron chi connectivity index (χ3n) is 3.56. The molecule has 0 fully saturated rings. The van der Waals surface area contributed by atoms with E-state index in [2.05, 4.69) is 14.8 Å². The van der Waals surface area contributed by atoms with Crippen LogP contribution in [0.5, 0.6) is 0 Å². The summed E-state index contributed by atoms with van der Waals surface area (Å²) >= 11 is 0. The van der Waals surface area contributed by atoms with Crippen molar-refractivity contribution >= 4 is 21.8 Å². The molecule has 26 heavy (non-hydrogen) atoms. The topological polar surface area (TPSA) is 93.7 Å². The van der Waals surface area contributed by atoms with Gasteiger partial charge in [-0.1, -0.05) is 12.1 Å². The largest absolute Gasteiger partial charge is 0.453 e. The Bertz CT molecular complexity index is 856. The van der Waals surface area contributed by atoms with Gasteiger partial charge in [0.25, 0.3) is 0 Å². The van der Waals surface area contributed by atoms with E-state index in [-0.39, 0.29) is 11.4 Å². The van der Waals surface area contributed by atoms with Gasteiger partial charge in [-0.15, -0.1) is 0 Å². The molecule has 2 aromatic rings. The molecule has 2 N–H and O–H groups in total. The van der Waals surface area contributed by atoms with Gasteiger partial charge < -0.3 is 9.47 Å². The molecule has 0 aliphatic carbocycles. The number of rotatable bonds is 7. The second-order valence-electron chi connectivity index (χ2n) is 5.27. The standard InChI is InChI=1S/C17H19FN2O5S/c1-24-16(12-4-3-5-13(18)10-12)11-19-26(22,23)15-8-6-14(7-9-15)20-17(21)25-2/h3-10,16,19H,11H2,1-2H3,(H,20,21)/t16-/m0/s1. The van der Waals surface area contributed by atoms with E-state index < -0.39 is 28.0 Å². The molecular formula is C17H19FN2O5S. The number of hydrogen-bond donors (Lipinski definition) is 2. The molecule has 0 aliphatic rings. The van der Waals surface area contributed by atoms with Crippen LogP contribution in [0.3, 0.4) is 0 Å². The van der Waals surface area contributed by atoms with Crippen molar-refractivity contribution in [1.29, 1.82) is 0 Å². The van der Waals surface area contributed by atoms with Crippen molar-refractivity contribution in [2.45, 2.75) is 11.0 Å². The summed E-state index contributed by atoms with van der Waals surface area (Å²) in [6, 6.07) is 11.3. The molecule has 0 aromatic heterocycles. The van der Waals surface area contributed by atoms with Crippen molar-refractivity contribution < 1.29 is 27.1 Å². The fourth-order valence-electron chi connectivity index (χ4n) is 2.20. The molecule has 0 radical (unpaired) electrons. The molecule has 0 saturated heterocycles. The van der Waals surface area contributed by atoms with Crippen LogP contribution in [0.2, 0.25) is 0 Å². The Balaban J connectivity index is 2.06. The lowest BCUT2D eigenvalue weighted by molar-refractivity contribution is 0.107. The number of benzene rings is 2. The van der Waals surface area contributed by atoms with Crippen molar-refractivity contribution in [2.24, 2.45) is 0 Å². The highest BCUT2D eigenvalue weighted by molar-refractivity contribution is 7.89. The van der Waals surface area contributed by atoms with Crippen LogP contribution in [0.25, 0.3) is 0 Å². The van der Waals surface area contributed by atoms with E-state index in [4.69, 9.17) is 4.74 Å². The third kappa shape index (κ3) is 5.25. The van der Waals surface area contributed by atoms with Gasteiger partial charge in [0.1, 0.15) is 5.82 Å². The highest BCUT2D eigenvalue weighted by Crippen LogP contribution is 2.19. The van der Waals surface area contributed by atoms with Crippen molar-refractivity contribution in [3.8, 4) is 0 Å². The summed E-state index contributed by atoms with van der Waals surface area (Å²) in [4.78, 5) is 11.1. The van der Waals surface area contributed by atoms with E-state index in [1.54, 1.807) is 6.07 Å². The normalized spacial score (nSPS) is 12.4. The number of halogens is 1. The molecule has 1 atom stereocenters. The average Bonchev–Trinajstić information content (AvgIpc) is 2.62. The molecule has 7 nitrogen and oxygen atoms in total. The summed E-state index contributed by atoms with van der Waals surface area (Å²) in [5.74, 6) is -0.430. The number of anilines is 1. The number of methoxy groups -OCH3 is 2. The number of amides is 1. The molecule has 2 aromatic carbocycles. The smallest absolute Gasteiger partial charge is 0.411 e. The highest BCUT2D eigenvalue weighted by Gasteiger charge is 2.18. The van der Waals surface area contributed by atoms with Gasteiger partial charge in [0.2, 0.25) is 10.0 Å². The lowest BCUT2D eigenvalue weighted by Gasteiger charge is -2.17. The SMILES string of the molecule is COC(=O)Nc1ccc(S(=O)(=O)NC[C@H](OC)c2cccc(F)c2)cc1. The number of carbonyl (C=O) groups excluding carboxylic acids is 1. The Morgan fingerprint density at radius 1 is 1.15 bits per heavy atom. The van der Waals surface area contributed by atoms with Crippen LogP contribution in [0.1, 0.15) is 11.7 Å². The first-order chi connectivity index (χ1) is 12.4. The van der Waals surface area contributed by atoms with Gasteiger partial charge in [0, 0.05) is 19.3 Å². The molecular weight excluding hydrogens is 363 g/mol. The first-order valence-electron chi connectivity index (χ1n) is 7.58. The molecule has 0 bridgehead atoms. The summed E-state index contributed by atoms with van der Waals surface area (Å²) in [7, 11) is -1.16. The number of carbonyl (C=O) groups is 1. The number of sulfonamides is 1. The molecule has 9 heteroatoms. The predicted molar refractivity (Wildman–Crippen MR) is 93.8 cm³/mol. The van der Waals surface area contributed by atoms with Crippen molar-refractivity contribution in [1.82, 2.24) is 4.72 Å². The fourth-order valence-corrected chi connectivity index (χ4v) is 3.23. The second kappa shape index (κ2) is 8.75. The quantitative estimate of drug-likeness (QED) is 0.768. The summed E-state index contributed by atoms with van der Waals surface area (Å²) in [6.45, 7) is -0.0650. The van der Waals surface area contributed by atoms with E-state index in [1.165, 1.54) is 56.7 Å². The van der Waals surface area contributed by atoms with E-state index in [9.17, 15) is 17.6 Å². The Kier molecular flexibility index (Phi) is 6.67. The van der Waals surface area contributed by atoms with E-state index >= 15 is 0 Å². The van der Waals surface area contributed by atoms with Crippen LogP contribution < -0.4 is 10.0 Å². The second-order valence-corrected chi connectivity index (χ2v) is 7.04. The van der Waals surface area contributed by atoms with Crippen LogP contribution in [-0.2, 0) is 19.5 Å². The zero-order valence-electron chi connectivity index (χ0n) is 14.2. The highest BCUT2D eigenvalue weighted by atomic mass is 32.2. The Morgan fingerprint density at radius 2 is 1.85 bits per heavy atom. The molecule has 1 amide bonds.